The average molecular weight is 476 g/mol. The highest BCUT2D eigenvalue weighted by molar-refractivity contribution is 6.35. The van der Waals surface area contributed by atoms with Crippen LogP contribution in [0.4, 0.5) is 11.6 Å². The van der Waals surface area contributed by atoms with E-state index in [9.17, 15) is 14.4 Å². The number of amides is 2. The van der Waals surface area contributed by atoms with E-state index < -0.39 is 24.4 Å². The highest BCUT2D eigenvalue weighted by atomic mass is 16.5. The summed E-state index contributed by atoms with van der Waals surface area (Å²) in [5.41, 5.74) is 2.53. The van der Waals surface area contributed by atoms with E-state index in [0.29, 0.717) is 37.8 Å². The Hall–Kier alpha value is -4.31. The normalized spacial score (nSPS) is 13.7. The Bertz CT molecular complexity index is 1160. The fourth-order valence-corrected chi connectivity index (χ4v) is 3.72. The molecule has 0 unspecified atom stereocenters. The third-order valence-electron chi connectivity index (χ3n) is 5.47. The number of carbonyl (C=O) groups is 3. The van der Waals surface area contributed by atoms with Crippen LogP contribution in [0.5, 0.6) is 0 Å². The first-order valence-electron chi connectivity index (χ1n) is 11.1. The molecule has 35 heavy (non-hydrogen) atoms. The summed E-state index contributed by atoms with van der Waals surface area (Å²) in [6.07, 6.45) is 3.17. The Kier molecular flexibility index (Phi) is 7.63. The van der Waals surface area contributed by atoms with E-state index in [2.05, 4.69) is 9.97 Å². The van der Waals surface area contributed by atoms with Crippen molar-refractivity contribution < 1.29 is 24.2 Å². The summed E-state index contributed by atoms with van der Waals surface area (Å²) in [7, 11) is 0. The second-order valence-electron chi connectivity index (χ2n) is 7.95. The Balaban J connectivity index is 1.40. The number of anilines is 2. The topological polar surface area (TPSA) is 116 Å². The summed E-state index contributed by atoms with van der Waals surface area (Å²) in [5.74, 6) is -1.73. The lowest BCUT2D eigenvalue weighted by atomic mass is 10.1. The van der Waals surface area contributed by atoms with Crippen molar-refractivity contribution in [3.05, 3.63) is 84.2 Å². The van der Waals surface area contributed by atoms with Gasteiger partial charge in [0, 0.05) is 44.3 Å². The number of benzene rings is 2. The van der Waals surface area contributed by atoms with Crippen molar-refractivity contribution in [2.45, 2.75) is 13.1 Å². The van der Waals surface area contributed by atoms with Gasteiger partial charge in [0.15, 0.2) is 0 Å². The van der Waals surface area contributed by atoms with Crippen LogP contribution in [0.25, 0.3) is 0 Å². The number of aliphatic carboxylic acids is 1. The summed E-state index contributed by atoms with van der Waals surface area (Å²) < 4.78 is 5.25. The molecule has 0 atom stereocenters. The maximum absolute atomic E-state index is 12.7. The van der Waals surface area contributed by atoms with Crippen molar-refractivity contribution in [1.29, 1.82) is 0 Å². The molecule has 180 valence electrons. The molecule has 1 aromatic heterocycles. The van der Waals surface area contributed by atoms with E-state index in [1.54, 1.807) is 33.2 Å². The number of carboxylic acids is 1. The van der Waals surface area contributed by atoms with Crippen molar-refractivity contribution in [1.82, 2.24) is 19.8 Å². The zero-order chi connectivity index (χ0) is 24.6. The number of carboxylic acid groups (broad SMARTS) is 1. The summed E-state index contributed by atoms with van der Waals surface area (Å²) in [5, 5.41) is 8.86. The molecule has 2 aromatic carbocycles. The summed E-state index contributed by atoms with van der Waals surface area (Å²) >= 11 is 0. The van der Waals surface area contributed by atoms with Crippen LogP contribution in [-0.2, 0) is 32.2 Å². The third-order valence-corrected chi connectivity index (χ3v) is 5.47. The van der Waals surface area contributed by atoms with Crippen molar-refractivity contribution >= 4 is 29.4 Å². The van der Waals surface area contributed by atoms with Crippen LogP contribution in [-0.4, -0.2) is 69.1 Å². The maximum Gasteiger partial charge on any atom is 0.329 e. The Morgan fingerprint density at radius 3 is 2.00 bits per heavy atom. The molecular weight excluding hydrogens is 450 g/mol. The van der Waals surface area contributed by atoms with E-state index in [1.165, 1.54) is 0 Å². The number of hydrogen-bond donors (Lipinski definition) is 1. The average Bonchev–Trinajstić information content (AvgIpc) is 2.88. The largest absolute Gasteiger partial charge is 0.480 e. The molecule has 1 aliphatic rings. The number of aromatic nitrogens is 2. The standard InChI is InChI=1S/C25H25N5O5/c31-22(32)17-35-18-30(25-26-11-4-12-27-25)21-9-7-20(8-10-21)16-29-14-13-28(23(33)24(29)34)15-19-5-2-1-3-6-19/h1-12H,13-18H2,(H,31,32). The zero-order valence-electron chi connectivity index (χ0n) is 19.0. The summed E-state index contributed by atoms with van der Waals surface area (Å²) in [6.45, 7) is 1.14. The van der Waals surface area contributed by atoms with Gasteiger partial charge in [-0.15, -0.1) is 0 Å². The number of nitrogens with zero attached hydrogens (tertiary/aromatic N) is 5. The van der Waals surface area contributed by atoms with E-state index in [1.807, 2.05) is 54.6 Å². The SMILES string of the molecule is O=C(O)COCN(c1ccc(CN2CCN(Cc3ccccc3)C(=O)C2=O)cc1)c1ncccn1. The van der Waals surface area contributed by atoms with Gasteiger partial charge in [-0.1, -0.05) is 42.5 Å². The first-order chi connectivity index (χ1) is 17.0. The highest BCUT2D eigenvalue weighted by Gasteiger charge is 2.32. The monoisotopic (exact) mass is 475 g/mol. The minimum absolute atomic E-state index is 0.0496. The van der Waals surface area contributed by atoms with Crippen molar-refractivity contribution in [2.24, 2.45) is 0 Å². The summed E-state index contributed by atoms with van der Waals surface area (Å²) in [6, 6.07) is 18.6. The fraction of sp³-hybridized carbons (Fsp3) is 0.240. The molecular formula is C25H25N5O5. The second kappa shape index (κ2) is 11.2. The molecule has 1 N–H and O–H groups in total. The number of carbonyl (C=O) groups excluding carboxylic acids is 2. The van der Waals surface area contributed by atoms with Crippen LogP contribution in [0, 0.1) is 0 Å². The number of piperazine rings is 1. The van der Waals surface area contributed by atoms with Gasteiger partial charge >= 0.3 is 17.8 Å². The van der Waals surface area contributed by atoms with Crippen molar-refractivity contribution in [3.8, 4) is 0 Å². The minimum atomic E-state index is -1.07. The van der Waals surface area contributed by atoms with Crippen LogP contribution >= 0.6 is 0 Å². The molecule has 4 rings (SSSR count). The lowest BCUT2D eigenvalue weighted by molar-refractivity contribution is -0.156. The molecule has 0 bridgehead atoms. The molecule has 2 amide bonds. The second-order valence-corrected chi connectivity index (χ2v) is 7.95. The van der Waals surface area contributed by atoms with Crippen LogP contribution in [0.2, 0.25) is 0 Å². The third kappa shape index (κ3) is 6.18. The first-order valence-corrected chi connectivity index (χ1v) is 11.1. The molecule has 0 radical (unpaired) electrons. The Morgan fingerprint density at radius 2 is 1.43 bits per heavy atom. The maximum atomic E-state index is 12.7. The van der Waals surface area contributed by atoms with Crippen molar-refractivity contribution in [3.63, 3.8) is 0 Å². The van der Waals surface area contributed by atoms with Gasteiger partial charge in [-0.05, 0) is 29.3 Å². The molecule has 10 nitrogen and oxygen atoms in total. The van der Waals surface area contributed by atoms with Gasteiger partial charge in [0.2, 0.25) is 5.95 Å². The van der Waals surface area contributed by atoms with Crippen LogP contribution in [0.3, 0.4) is 0 Å². The fourth-order valence-electron chi connectivity index (χ4n) is 3.72. The molecule has 3 aromatic rings. The lowest BCUT2D eigenvalue weighted by Crippen LogP contribution is -2.53. The van der Waals surface area contributed by atoms with Gasteiger partial charge in [0.05, 0.1) is 0 Å². The van der Waals surface area contributed by atoms with Gasteiger partial charge in [-0.2, -0.15) is 0 Å². The lowest BCUT2D eigenvalue weighted by Gasteiger charge is -2.34. The van der Waals surface area contributed by atoms with E-state index in [0.717, 1.165) is 11.1 Å². The quantitative estimate of drug-likeness (QED) is 0.350. The van der Waals surface area contributed by atoms with Crippen LogP contribution in [0.15, 0.2) is 73.1 Å². The molecule has 1 aliphatic heterocycles. The number of ether oxygens (including phenoxy) is 1. The Morgan fingerprint density at radius 1 is 0.857 bits per heavy atom. The molecule has 0 spiro atoms. The molecule has 10 heteroatoms. The summed E-state index contributed by atoms with van der Waals surface area (Å²) in [4.78, 5) is 49.4. The number of hydrogen-bond acceptors (Lipinski definition) is 7. The molecule has 0 saturated carbocycles. The van der Waals surface area contributed by atoms with E-state index in [4.69, 9.17) is 9.84 Å². The molecule has 2 heterocycles. The zero-order valence-corrected chi connectivity index (χ0v) is 19.0. The minimum Gasteiger partial charge on any atom is -0.480 e. The smallest absolute Gasteiger partial charge is 0.329 e. The van der Waals surface area contributed by atoms with Gasteiger partial charge in [-0.25, -0.2) is 14.8 Å². The first kappa shape index (κ1) is 23.8. The van der Waals surface area contributed by atoms with Gasteiger partial charge in [0.1, 0.15) is 13.3 Å². The van der Waals surface area contributed by atoms with Gasteiger partial charge < -0.3 is 19.6 Å². The molecule has 1 fully saturated rings. The van der Waals surface area contributed by atoms with Crippen molar-refractivity contribution in [2.75, 3.05) is 31.3 Å². The Labute approximate surface area is 202 Å². The predicted octanol–water partition coefficient (Wildman–Crippen LogP) is 2.04. The van der Waals surface area contributed by atoms with Crippen LogP contribution in [0.1, 0.15) is 11.1 Å². The molecule has 1 saturated heterocycles. The van der Waals surface area contributed by atoms with Crippen LogP contribution < -0.4 is 4.90 Å². The highest BCUT2D eigenvalue weighted by Crippen LogP contribution is 2.23. The predicted molar refractivity (Wildman–Crippen MR) is 126 cm³/mol. The molecule has 0 aliphatic carbocycles. The van der Waals surface area contributed by atoms with Gasteiger partial charge in [0.25, 0.3) is 0 Å². The van der Waals surface area contributed by atoms with E-state index >= 15 is 0 Å². The van der Waals surface area contributed by atoms with E-state index in [-0.39, 0.29) is 6.73 Å². The number of rotatable bonds is 10. The van der Waals surface area contributed by atoms with Gasteiger partial charge in [-0.3, -0.25) is 14.5 Å².